The summed E-state index contributed by atoms with van der Waals surface area (Å²) in [6, 6.07) is 13.0. The second-order valence-electron chi connectivity index (χ2n) is 4.79. The number of furan rings is 1. The quantitative estimate of drug-likeness (QED) is 0.814. The van der Waals surface area contributed by atoms with Crippen LogP contribution in [0.15, 0.2) is 40.8 Å². The zero-order valence-electron chi connectivity index (χ0n) is 11.9. The molecule has 2 rings (SSSR count). The van der Waals surface area contributed by atoms with Gasteiger partial charge in [-0.1, -0.05) is 12.1 Å². The van der Waals surface area contributed by atoms with Gasteiger partial charge in [0.2, 0.25) is 5.76 Å². The molecule has 1 unspecified atom stereocenters. The number of ether oxygens (including phenoxy) is 1. The average Bonchev–Trinajstić information content (AvgIpc) is 2.93. The molecule has 2 aromatic rings. The number of hydrogen-bond donors (Lipinski definition) is 2. The first-order valence-electron chi connectivity index (χ1n) is 6.74. The van der Waals surface area contributed by atoms with E-state index in [0.29, 0.717) is 18.8 Å². The molecule has 21 heavy (non-hydrogen) atoms. The molecule has 5 nitrogen and oxygen atoms in total. The van der Waals surface area contributed by atoms with Gasteiger partial charge in [-0.15, -0.1) is 0 Å². The smallest absolute Gasteiger partial charge is 0.203 e. The SMILES string of the molecule is Cc1cccc(OCC(O)CNCc2ccc(C#N)o2)c1. The zero-order chi connectivity index (χ0) is 15.1. The summed E-state index contributed by atoms with van der Waals surface area (Å²) in [7, 11) is 0. The number of aryl methyl sites for hydroxylation is 1. The minimum atomic E-state index is -0.615. The van der Waals surface area contributed by atoms with Gasteiger partial charge in [-0.2, -0.15) is 5.26 Å². The molecule has 2 N–H and O–H groups in total. The lowest BCUT2D eigenvalue weighted by molar-refractivity contribution is 0.105. The van der Waals surface area contributed by atoms with Crippen molar-refractivity contribution in [1.29, 1.82) is 5.26 Å². The second kappa shape index (κ2) is 7.48. The van der Waals surface area contributed by atoms with Crippen molar-refractivity contribution in [2.75, 3.05) is 13.2 Å². The van der Waals surface area contributed by atoms with Crippen molar-refractivity contribution < 1.29 is 14.3 Å². The third kappa shape index (κ3) is 4.95. The summed E-state index contributed by atoms with van der Waals surface area (Å²) in [5.41, 5.74) is 1.12. The van der Waals surface area contributed by atoms with E-state index in [1.807, 2.05) is 37.3 Å². The van der Waals surface area contributed by atoms with E-state index in [-0.39, 0.29) is 12.4 Å². The fourth-order valence-electron chi connectivity index (χ4n) is 1.85. The summed E-state index contributed by atoms with van der Waals surface area (Å²) < 4.78 is 10.7. The maximum atomic E-state index is 9.84. The lowest BCUT2D eigenvalue weighted by Crippen LogP contribution is -2.31. The van der Waals surface area contributed by atoms with Crippen molar-refractivity contribution in [2.24, 2.45) is 0 Å². The predicted octanol–water partition coefficient (Wildman–Crippen LogP) is 1.99. The van der Waals surface area contributed by atoms with Crippen LogP contribution in [-0.2, 0) is 6.54 Å². The van der Waals surface area contributed by atoms with E-state index < -0.39 is 6.10 Å². The third-order valence-electron chi connectivity index (χ3n) is 2.88. The fourth-order valence-corrected chi connectivity index (χ4v) is 1.85. The van der Waals surface area contributed by atoms with Crippen LogP contribution in [-0.4, -0.2) is 24.4 Å². The molecule has 0 aliphatic rings. The highest BCUT2D eigenvalue weighted by Gasteiger charge is 2.06. The number of hydrogen-bond acceptors (Lipinski definition) is 5. The first-order chi connectivity index (χ1) is 10.2. The molecule has 0 radical (unpaired) electrons. The number of nitrogens with zero attached hydrogens (tertiary/aromatic N) is 1. The molecule has 0 saturated heterocycles. The molecule has 1 aromatic heterocycles. The third-order valence-corrected chi connectivity index (χ3v) is 2.88. The number of benzene rings is 1. The van der Waals surface area contributed by atoms with Gasteiger partial charge in [0.25, 0.3) is 0 Å². The van der Waals surface area contributed by atoms with Gasteiger partial charge in [-0.25, -0.2) is 0 Å². The largest absolute Gasteiger partial charge is 0.491 e. The van der Waals surface area contributed by atoms with E-state index in [2.05, 4.69) is 5.32 Å². The van der Waals surface area contributed by atoms with Crippen LogP contribution in [0.4, 0.5) is 0 Å². The Bertz CT molecular complexity index is 616. The molecular formula is C16H18N2O3. The van der Waals surface area contributed by atoms with Crippen molar-refractivity contribution in [3.05, 3.63) is 53.5 Å². The lowest BCUT2D eigenvalue weighted by atomic mass is 10.2. The molecule has 1 atom stereocenters. The van der Waals surface area contributed by atoms with Crippen LogP contribution < -0.4 is 10.1 Å². The molecule has 1 aromatic carbocycles. The van der Waals surface area contributed by atoms with Crippen LogP contribution in [0.1, 0.15) is 17.1 Å². The minimum Gasteiger partial charge on any atom is -0.491 e. The van der Waals surface area contributed by atoms with Gasteiger partial charge in [0.15, 0.2) is 0 Å². The van der Waals surface area contributed by atoms with Gasteiger partial charge in [0.1, 0.15) is 30.3 Å². The van der Waals surface area contributed by atoms with E-state index in [4.69, 9.17) is 14.4 Å². The number of aliphatic hydroxyl groups excluding tert-OH is 1. The average molecular weight is 286 g/mol. The summed E-state index contributed by atoms with van der Waals surface area (Å²) in [5.74, 6) is 1.70. The maximum absolute atomic E-state index is 9.84. The van der Waals surface area contributed by atoms with Gasteiger partial charge < -0.3 is 19.6 Å². The van der Waals surface area contributed by atoms with Gasteiger partial charge >= 0.3 is 0 Å². The molecule has 0 saturated carbocycles. The summed E-state index contributed by atoms with van der Waals surface area (Å²) in [4.78, 5) is 0. The van der Waals surface area contributed by atoms with Crippen LogP contribution in [0.3, 0.4) is 0 Å². The highest BCUT2D eigenvalue weighted by atomic mass is 16.5. The zero-order valence-corrected chi connectivity index (χ0v) is 11.9. The molecule has 1 heterocycles. The normalized spacial score (nSPS) is 11.9. The lowest BCUT2D eigenvalue weighted by Gasteiger charge is -2.13. The van der Waals surface area contributed by atoms with Crippen LogP contribution >= 0.6 is 0 Å². The van der Waals surface area contributed by atoms with Crippen LogP contribution in [0.25, 0.3) is 0 Å². The number of rotatable bonds is 7. The van der Waals surface area contributed by atoms with E-state index in [0.717, 1.165) is 11.3 Å². The fraction of sp³-hybridized carbons (Fsp3) is 0.312. The van der Waals surface area contributed by atoms with Crippen molar-refractivity contribution in [3.63, 3.8) is 0 Å². The molecule has 5 heteroatoms. The van der Waals surface area contributed by atoms with E-state index in [1.54, 1.807) is 12.1 Å². The Morgan fingerprint density at radius 3 is 2.95 bits per heavy atom. The first kappa shape index (κ1) is 15.1. The van der Waals surface area contributed by atoms with Crippen molar-refractivity contribution in [3.8, 4) is 11.8 Å². The summed E-state index contributed by atoms with van der Waals surface area (Å²) in [6.07, 6.45) is -0.615. The highest BCUT2D eigenvalue weighted by Crippen LogP contribution is 2.12. The van der Waals surface area contributed by atoms with Crippen LogP contribution in [0.2, 0.25) is 0 Å². The van der Waals surface area contributed by atoms with Gasteiger partial charge in [0, 0.05) is 6.54 Å². The minimum absolute atomic E-state index is 0.220. The molecule has 0 spiro atoms. The number of nitriles is 1. The summed E-state index contributed by atoms with van der Waals surface area (Å²) in [6.45, 7) is 3.05. The highest BCUT2D eigenvalue weighted by molar-refractivity contribution is 5.27. The number of nitrogens with one attached hydrogen (secondary N) is 1. The Morgan fingerprint density at radius 1 is 1.38 bits per heavy atom. The Hall–Kier alpha value is -2.29. The van der Waals surface area contributed by atoms with Crippen molar-refractivity contribution in [2.45, 2.75) is 19.6 Å². The second-order valence-corrected chi connectivity index (χ2v) is 4.79. The van der Waals surface area contributed by atoms with E-state index >= 15 is 0 Å². The molecular weight excluding hydrogens is 268 g/mol. The first-order valence-corrected chi connectivity index (χ1v) is 6.74. The molecule has 0 aliphatic carbocycles. The molecule has 110 valence electrons. The van der Waals surface area contributed by atoms with E-state index in [9.17, 15) is 5.11 Å². The summed E-state index contributed by atoms with van der Waals surface area (Å²) >= 11 is 0. The monoisotopic (exact) mass is 286 g/mol. The molecule has 0 aliphatic heterocycles. The molecule has 0 amide bonds. The molecule has 0 fully saturated rings. The van der Waals surface area contributed by atoms with Crippen LogP contribution in [0, 0.1) is 18.3 Å². The standard InChI is InChI=1S/C16H18N2O3/c1-12-3-2-4-14(7-12)20-11-13(19)9-18-10-16-6-5-15(8-17)21-16/h2-7,13,18-19H,9-11H2,1H3. The topological polar surface area (TPSA) is 78.4 Å². The predicted molar refractivity (Wildman–Crippen MR) is 77.8 cm³/mol. The number of aliphatic hydroxyl groups is 1. The van der Waals surface area contributed by atoms with Crippen molar-refractivity contribution in [1.82, 2.24) is 5.32 Å². The Morgan fingerprint density at radius 2 is 2.24 bits per heavy atom. The van der Waals surface area contributed by atoms with Gasteiger partial charge in [0.05, 0.1) is 6.54 Å². The molecule has 0 bridgehead atoms. The maximum Gasteiger partial charge on any atom is 0.203 e. The Kier molecular flexibility index (Phi) is 5.38. The summed E-state index contributed by atoms with van der Waals surface area (Å²) in [5, 5.41) is 21.5. The van der Waals surface area contributed by atoms with Gasteiger partial charge in [-0.05, 0) is 36.8 Å². The van der Waals surface area contributed by atoms with Gasteiger partial charge in [-0.3, -0.25) is 0 Å². The van der Waals surface area contributed by atoms with Crippen LogP contribution in [0.5, 0.6) is 5.75 Å². The van der Waals surface area contributed by atoms with Crippen molar-refractivity contribution >= 4 is 0 Å². The Labute approximate surface area is 123 Å². The Balaban J connectivity index is 1.68. The van der Waals surface area contributed by atoms with E-state index in [1.165, 1.54) is 0 Å².